The van der Waals surface area contributed by atoms with Crippen molar-refractivity contribution >= 4 is 28.5 Å². The van der Waals surface area contributed by atoms with E-state index in [1.165, 1.54) is 0 Å². The van der Waals surface area contributed by atoms with Crippen LogP contribution < -0.4 is 9.04 Å². The zero-order valence-electron chi connectivity index (χ0n) is 17.2. The van der Waals surface area contributed by atoms with E-state index in [1.807, 2.05) is 37.3 Å². The molecule has 1 aliphatic heterocycles. The normalized spacial score (nSPS) is 21.3. The summed E-state index contributed by atoms with van der Waals surface area (Å²) in [7, 11) is 1.14. The largest absolute Gasteiger partial charge is 0.496 e. The number of nitrogens with zero attached hydrogens (tertiary/aromatic N) is 2. The minimum atomic E-state index is -0.529. The van der Waals surface area contributed by atoms with Gasteiger partial charge in [-0.05, 0) is 57.0 Å². The van der Waals surface area contributed by atoms with E-state index in [-0.39, 0.29) is 11.3 Å². The SMILES string of the molecule is C=Cc1cc(N2/C(=C\C)C[N+](C(=O)C3(C)CC3)=S2c2ccccc2)ccc1OC. The van der Waals surface area contributed by atoms with Crippen LogP contribution in [-0.2, 0) is 15.7 Å². The second-order valence-corrected chi connectivity index (χ2v) is 9.49. The lowest BCUT2D eigenvalue weighted by Gasteiger charge is -2.20. The molecule has 0 bridgehead atoms. The van der Waals surface area contributed by atoms with Crippen LogP contribution in [0.15, 0.2) is 71.8 Å². The molecule has 1 atom stereocenters. The molecular weight excluding hydrogens is 380 g/mol. The molecule has 1 unspecified atom stereocenters. The van der Waals surface area contributed by atoms with Crippen LogP contribution in [-0.4, -0.2) is 23.5 Å². The second-order valence-electron chi connectivity index (χ2n) is 7.68. The predicted molar refractivity (Wildman–Crippen MR) is 119 cm³/mol. The zero-order valence-corrected chi connectivity index (χ0v) is 18.0. The third-order valence-corrected chi connectivity index (χ3v) is 7.84. The molecule has 1 fully saturated rings. The fourth-order valence-corrected chi connectivity index (χ4v) is 5.99. The number of anilines is 1. The van der Waals surface area contributed by atoms with Gasteiger partial charge in [-0.2, -0.15) is 0 Å². The molecule has 0 N–H and O–H groups in total. The average molecular weight is 408 g/mol. The molecule has 0 saturated heterocycles. The van der Waals surface area contributed by atoms with E-state index in [2.05, 4.69) is 52.1 Å². The quantitative estimate of drug-likeness (QED) is 0.641. The Morgan fingerprint density at radius 1 is 1.24 bits per heavy atom. The molecule has 0 radical (unpaired) electrons. The molecule has 2 aromatic carbocycles. The van der Waals surface area contributed by atoms with Crippen LogP contribution in [0.4, 0.5) is 5.69 Å². The average Bonchev–Trinajstić information content (AvgIpc) is 3.40. The summed E-state index contributed by atoms with van der Waals surface area (Å²) < 4.78 is 9.83. The number of rotatable bonds is 5. The van der Waals surface area contributed by atoms with E-state index < -0.39 is 10.9 Å². The van der Waals surface area contributed by atoms with E-state index in [1.54, 1.807) is 7.11 Å². The molecule has 0 spiro atoms. The lowest BCUT2D eigenvalue weighted by Crippen LogP contribution is -2.29. The van der Waals surface area contributed by atoms with Crippen molar-refractivity contribution in [2.75, 3.05) is 18.0 Å². The Kier molecular flexibility index (Phi) is 5.17. The summed E-state index contributed by atoms with van der Waals surface area (Å²) in [6, 6.07) is 16.4. The van der Waals surface area contributed by atoms with Crippen LogP contribution in [0.3, 0.4) is 0 Å². The van der Waals surface area contributed by atoms with Crippen LogP contribution in [0.5, 0.6) is 5.75 Å². The third kappa shape index (κ3) is 3.44. The number of ether oxygens (including phenoxy) is 1. The van der Waals surface area contributed by atoms with Gasteiger partial charge in [-0.3, -0.25) is 0 Å². The third-order valence-electron chi connectivity index (χ3n) is 5.65. The van der Waals surface area contributed by atoms with Gasteiger partial charge in [-0.1, -0.05) is 36.9 Å². The highest BCUT2D eigenvalue weighted by molar-refractivity contribution is 7.87. The molecule has 2 aromatic rings. The second kappa shape index (κ2) is 7.64. The van der Waals surface area contributed by atoms with Gasteiger partial charge in [0.15, 0.2) is 10.9 Å². The van der Waals surface area contributed by atoms with Crippen molar-refractivity contribution in [2.45, 2.75) is 31.6 Å². The van der Waals surface area contributed by atoms with Gasteiger partial charge in [-0.25, -0.2) is 9.10 Å². The Morgan fingerprint density at radius 2 is 1.97 bits per heavy atom. The number of methoxy groups -OCH3 is 1. The minimum absolute atomic E-state index is 0.207. The summed E-state index contributed by atoms with van der Waals surface area (Å²) in [6.07, 6.45) is 5.87. The predicted octanol–water partition coefficient (Wildman–Crippen LogP) is 5.18. The first-order chi connectivity index (χ1) is 14.0. The standard InChI is InChI=1S/C24H27N2O2S/c1-5-18-16-20(12-13-22(18)28-4)26-19(6-2)17-25(23(27)24(3)14-15-24)29(26)21-10-8-7-9-11-21/h5-13,16H,1,14-15,17H2,2-4H3/q+1/b19-6-. The molecule has 1 heterocycles. The van der Waals surface area contributed by atoms with Gasteiger partial charge in [0.1, 0.15) is 5.75 Å². The van der Waals surface area contributed by atoms with Crippen molar-refractivity contribution < 1.29 is 13.5 Å². The van der Waals surface area contributed by atoms with Gasteiger partial charge >= 0.3 is 5.91 Å². The van der Waals surface area contributed by atoms with E-state index >= 15 is 0 Å². The first kappa shape index (κ1) is 19.6. The van der Waals surface area contributed by atoms with Crippen LogP contribution in [0, 0.1) is 5.41 Å². The minimum Gasteiger partial charge on any atom is -0.496 e. The summed E-state index contributed by atoms with van der Waals surface area (Å²) >= 11 is 0. The maximum absolute atomic E-state index is 13.4. The van der Waals surface area contributed by atoms with Gasteiger partial charge in [-0.15, -0.1) is 3.95 Å². The van der Waals surface area contributed by atoms with Gasteiger partial charge < -0.3 is 4.74 Å². The highest BCUT2D eigenvalue weighted by Gasteiger charge is 2.55. The van der Waals surface area contributed by atoms with Crippen LogP contribution in [0.2, 0.25) is 0 Å². The van der Waals surface area contributed by atoms with E-state index in [4.69, 9.17) is 4.74 Å². The maximum atomic E-state index is 13.4. The Morgan fingerprint density at radius 3 is 2.55 bits per heavy atom. The topological polar surface area (TPSA) is 32.5 Å². The van der Waals surface area contributed by atoms with Crippen molar-refractivity contribution in [3.63, 3.8) is 0 Å². The Labute approximate surface area is 175 Å². The molecular formula is C24H27N2O2S+. The van der Waals surface area contributed by atoms with Crippen LogP contribution in [0.1, 0.15) is 32.3 Å². The number of hydrogen-bond acceptors (Lipinski definition) is 3. The number of allylic oxidation sites excluding steroid dienone is 1. The molecule has 4 nitrogen and oxygen atoms in total. The van der Waals surface area contributed by atoms with Crippen LogP contribution >= 0.6 is 0 Å². The first-order valence-corrected chi connectivity index (χ1v) is 11.0. The van der Waals surface area contributed by atoms with Gasteiger partial charge in [0.25, 0.3) is 0 Å². The maximum Gasteiger partial charge on any atom is 0.401 e. The molecule has 1 amide bonds. The number of hydrogen-bond donors (Lipinski definition) is 0. The van der Waals surface area contributed by atoms with Gasteiger partial charge in [0.05, 0.1) is 28.8 Å². The fraction of sp³-hybridized carbons (Fsp3) is 0.292. The number of amides is 1. The number of benzene rings is 2. The van der Waals surface area contributed by atoms with Gasteiger partial charge in [0.2, 0.25) is 6.54 Å². The van der Waals surface area contributed by atoms with Gasteiger partial charge in [0, 0.05) is 5.56 Å². The summed E-state index contributed by atoms with van der Waals surface area (Å²) in [6.45, 7) is 8.68. The van der Waals surface area contributed by atoms with Crippen molar-refractivity contribution in [3.05, 3.63) is 72.4 Å². The summed E-state index contributed by atoms with van der Waals surface area (Å²) in [4.78, 5) is 14.6. The Hall–Kier alpha value is -2.66. The van der Waals surface area contributed by atoms with Crippen molar-refractivity contribution in [1.82, 2.24) is 0 Å². The van der Waals surface area contributed by atoms with Crippen LogP contribution in [0.25, 0.3) is 6.08 Å². The summed E-state index contributed by atoms with van der Waals surface area (Å²) in [5, 5.41) is 0. The summed E-state index contributed by atoms with van der Waals surface area (Å²) in [5.74, 6) is 1.05. The molecule has 1 aliphatic carbocycles. The molecule has 29 heavy (non-hydrogen) atoms. The highest BCUT2D eigenvalue weighted by atomic mass is 32.2. The lowest BCUT2D eigenvalue weighted by atomic mass is 10.1. The van der Waals surface area contributed by atoms with E-state index in [0.29, 0.717) is 6.54 Å². The monoisotopic (exact) mass is 407 g/mol. The molecule has 4 rings (SSSR count). The van der Waals surface area contributed by atoms with E-state index in [0.717, 1.165) is 40.4 Å². The smallest absolute Gasteiger partial charge is 0.401 e. The van der Waals surface area contributed by atoms with Crippen molar-refractivity contribution in [3.8, 4) is 5.75 Å². The zero-order chi connectivity index (χ0) is 20.6. The fourth-order valence-electron chi connectivity index (χ4n) is 3.59. The van der Waals surface area contributed by atoms with Crippen molar-refractivity contribution in [2.24, 2.45) is 5.41 Å². The molecule has 5 heteroatoms. The number of carbonyl (C=O) groups excluding carboxylic acids is 1. The molecule has 150 valence electrons. The first-order valence-electron chi connectivity index (χ1n) is 9.90. The van der Waals surface area contributed by atoms with E-state index in [9.17, 15) is 4.79 Å². The lowest BCUT2D eigenvalue weighted by molar-refractivity contribution is -0.418. The molecule has 1 saturated carbocycles. The molecule has 2 aliphatic rings. The number of carbonyl (C=O) groups is 1. The van der Waals surface area contributed by atoms with Crippen molar-refractivity contribution in [1.29, 1.82) is 0 Å². The summed E-state index contributed by atoms with van der Waals surface area (Å²) in [5.41, 5.74) is 2.91. The molecule has 0 aromatic heterocycles. The Balaban J connectivity index is 1.91. The highest BCUT2D eigenvalue weighted by Crippen LogP contribution is 2.47. The Bertz CT molecular complexity index is 1040.